The number of hydrogen-bond acceptors (Lipinski definition) is 4. The van der Waals surface area contributed by atoms with E-state index in [0.29, 0.717) is 5.56 Å². The molecule has 2 aromatic rings. The summed E-state index contributed by atoms with van der Waals surface area (Å²) in [6.07, 6.45) is 1.40. The second-order valence-corrected chi connectivity index (χ2v) is 6.04. The molecule has 0 amide bonds. The summed E-state index contributed by atoms with van der Waals surface area (Å²) in [5.74, 6) is -0.148. The lowest BCUT2D eigenvalue weighted by molar-refractivity contribution is 0.101. The third-order valence-electron chi connectivity index (χ3n) is 2.54. The van der Waals surface area contributed by atoms with E-state index in [4.69, 9.17) is 11.6 Å². The van der Waals surface area contributed by atoms with E-state index < -0.39 is 10.0 Å². The lowest BCUT2D eigenvalue weighted by atomic mass is 10.1. The van der Waals surface area contributed by atoms with Crippen molar-refractivity contribution < 1.29 is 13.2 Å². The number of nitrogens with zero attached hydrogens (tertiary/aromatic N) is 1. The molecule has 0 aliphatic carbocycles. The van der Waals surface area contributed by atoms with Crippen molar-refractivity contribution >= 4 is 33.1 Å². The number of halogens is 1. The van der Waals surface area contributed by atoms with E-state index in [2.05, 4.69) is 9.71 Å². The number of Topliss-reactive ketones (excluding diaryl/α,β-unsaturated/α-hetero) is 1. The quantitative estimate of drug-likeness (QED) is 0.696. The molecule has 0 fully saturated rings. The molecule has 1 aromatic carbocycles. The largest absolute Gasteiger partial charge is 0.295 e. The number of anilines is 1. The van der Waals surface area contributed by atoms with Gasteiger partial charge in [-0.15, -0.1) is 0 Å². The van der Waals surface area contributed by atoms with Crippen molar-refractivity contribution in [2.75, 3.05) is 4.72 Å². The van der Waals surface area contributed by atoms with Gasteiger partial charge in [-0.05, 0) is 31.2 Å². The highest BCUT2D eigenvalue weighted by atomic mass is 35.5. The molecule has 104 valence electrons. The Hall–Kier alpha value is -1.92. The minimum Gasteiger partial charge on any atom is -0.295 e. The molecule has 1 heterocycles. The highest BCUT2D eigenvalue weighted by molar-refractivity contribution is 7.92. The van der Waals surface area contributed by atoms with Crippen molar-refractivity contribution in [2.24, 2.45) is 0 Å². The Morgan fingerprint density at radius 3 is 2.65 bits per heavy atom. The Balaban J connectivity index is 2.36. The van der Waals surface area contributed by atoms with E-state index in [1.165, 1.54) is 31.3 Å². The number of rotatable bonds is 4. The number of benzene rings is 1. The Labute approximate surface area is 121 Å². The van der Waals surface area contributed by atoms with Gasteiger partial charge in [0.15, 0.2) is 5.78 Å². The Kier molecular flexibility index (Phi) is 4.06. The van der Waals surface area contributed by atoms with Crippen LogP contribution in [-0.4, -0.2) is 19.2 Å². The van der Waals surface area contributed by atoms with Crippen molar-refractivity contribution in [3.63, 3.8) is 0 Å². The first-order chi connectivity index (χ1) is 9.40. The van der Waals surface area contributed by atoms with Crippen LogP contribution in [0.25, 0.3) is 0 Å². The van der Waals surface area contributed by atoms with Crippen LogP contribution in [0.1, 0.15) is 17.3 Å². The zero-order valence-electron chi connectivity index (χ0n) is 10.5. The minimum absolute atomic E-state index is 0.109. The topological polar surface area (TPSA) is 76.1 Å². The van der Waals surface area contributed by atoms with Crippen molar-refractivity contribution in [3.05, 3.63) is 53.3 Å². The van der Waals surface area contributed by atoms with E-state index in [0.717, 1.165) is 0 Å². The smallest absolute Gasteiger partial charge is 0.264 e. The van der Waals surface area contributed by atoms with Gasteiger partial charge >= 0.3 is 0 Å². The fraction of sp³-hybridized carbons (Fsp3) is 0.0769. The monoisotopic (exact) mass is 310 g/mol. The SMILES string of the molecule is CC(=O)c1cccc(NS(=O)(=O)c2cccnc2Cl)c1. The molecule has 0 radical (unpaired) electrons. The van der Waals surface area contributed by atoms with Crippen LogP contribution in [0, 0.1) is 0 Å². The molecule has 7 heteroatoms. The van der Waals surface area contributed by atoms with Gasteiger partial charge in [0.1, 0.15) is 10.0 Å². The molecule has 0 atom stereocenters. The van der Waals surface area contributed by atoms with Gasteiger partial charge in [0.05, 0.1) is 0 Å². The summed E-state index contributed by atoms with van der Waals surface area (Å²) < 4.78 is 26.7. The number of carbonyl (C=O) groups excluding carboxylic acids is 1. The Bertz CT molecular complexity index is 760. The maximum Gasteiger partial charge on any atom is 0.264 e. The zero-order chi connectivity index (χ0) is 14.8. The van der Waals surface area contributed by atoms with E-state index in [-0.39, 0.29) is 21.5 Å². The molecule has 0 unspecified atom stereocenters. The minimum atomic E-state index is -3.84. The molecule has 0 aliphatic heterocycles. The number of aromatic nitrogens is 1. The predicted octanol–water partition coefficient (Wildman–Crippen LogP) is 2.74. The number of hydrogen-bond donors (Lipinski definition) is 1. The van der Waals surface area contributed by atoms with Crippen molar-refractivity contribution in [1.82, 2.24) is 4.98 Å². The van der Waals surface area contributed by atoms with Crippen LogP contribution in [-0.2, 0) is 10.0 Å². The number of nitrogens with one attached hydrogen (secondary N) is 1. The maximum atomic E-state index is 12.2. The van der Waals surface area contributed by atoms with Crippen LogP contribution in [0.4, 0.5) is 5.69 Å². The molecular formula is C13H11ClN2O3S. The first kappa shape index (κ1) is 14.5. The third-order valence-corrected chi connectivity index (χ3v) is 4.36. The molecule has 1 N–H and O–H groups in total. The van der Waals surface area contributed by atoms with Crippen LogP contribution in [0.5, 0.6) is 0 Å². The van der Waals surface area contributed by atoms with E-state index in [9.17, 15) is 13.2 Å². The molecule has 1 aromatic heterocycles. The predicted molar refractivity (Wildman–Crippen MR) is 76.5 cm³/mol. The van der Waals surface area contributed by atoms with Crippen molar-refractivity contribution in [3.8, 4) is 0 Å². The van der Waals surface area contributed by atoms with Gasteiger partial charge in [-0.2, -0.15) is 0 Å². The Morgan fingerprint density at radius 2 is 2.00 bits per heavy atom. The molecular weight excluding hydrogens is 300 g/mol. The van der Waals surface area contributed by atoms with Gasteiger partial charge in [-0.25, -0.2) is 13.4 Å². The summed E-state index contributed by atoms with van der Waals surface area (Å²) in [5.41, 5.74) is 0.708. The molecule has 0 saturated heterocycles. The van der Waals surface area contributed by atoms with Crippen LogP contribution in [0.15, 0.2) is 47.5 Å². The fourth-order valence-electron chi connectivity index (χ4n) is 1.58. The van der Waals surface area contributed by atoms with Crippen LogP contribution in [0.2, 0.25) is 5.15 Å². The van der Waals surface area contributed by atoms with Gasteiger partial charge < -0.3 is 0 Å². The maximum absolute atomic E-state index is 12.2. The third kappa shape index (κ3) is 3.15. The first-order valence-electron chi connectivity index (χ1n) is 5.64. The summed E-state index contributed by atoms with van der Waals surface area (Å²) >= 11 is 5.77. The normalized spacial score (nSPS) is 11.1. The average Bonchev–Trinajstić information content (AvgIpc) is 2.38. The first-order valence-corrected chi connectivity index (χ1v) is 7.50. The second-order valence-electron chi connectivity index (χ2n) is 4.03. The summed E-state index contributed by atoms with van der Waals surface area (Å²) in [6.45, 7) is 1.41. The molecule has 0 spiro atoms. The molecule has 0 bridgehead atoms. The number of ketones is 1. The molecule has 0 saturated carbocycles. The standard InChI is InChI=1S/C13H11ClN2O3S/c1-9(17)10-4-2-5-11(8-10)16-20(18,19)12-6-3-7-15-13(12)14/h2-8,16H,1H3. The van der Waals surface area contributed by atoms with Gasteiger partial charge in [-0.1, -0.05) is 23.7 Å². The van der Waals surface area contributed by atoms with Crippen molar-refractivity contribution in [1.29, 1.82) is 0 Å². The van der Waals surface area contributed by atoms with E-state index >= 15 is 0 Å². The van der Waals surface area contributed by atoms with E-state index in [1.807, 2.05) is 0 Å². The molecule has 20 heavy (non-hydrogen) atoms. The molecule has 2 rings (SSSR count). The van der Waals surface area contributed by atoms with E-state index in [1.54, 1.807) is 18.2 Å². The second kappa shape index (κ2) is 5.60. The highest BCUT2D eigenvalue weighted by Gasteiger charge is 2.18. The Morgan fingerprint density at radius 1 is 1.25 bits per heavy atom. The summed E-state index contributed by atoms with van der Waals surface area (Å²) in [5, 5.41) is -0.109. The fourth-order valence-corrected chi connectivity index (χ4v) is 3.09. The van der Waals surface area contributed by atoms with Gasteiger partial charge in [0.25, 0.3) is 10.0 Å². The average molecular weight is 311 g/mol. The summed E-state index contributed by atoms with van der Waals surface area (Å²) in [6, 6.07) is 9.05. The zero-order valence-corrected chi connectivity index (χ0v) is 12.1. The molecule has 0 aliphatic rings. The lowest BCUT2D eigenvalue weighted by Gasteiger charge is -2.09. The van der Waals surface area contributed by atoms with Crippen LogP contribution >= 0.6 is 11.6 Å². The van der Waals surface area contributed by atoms with Crippen LogP contribution in [0.3, 0.4) is 0 Å². The van der Waals surface area contributed by atoms with Crippen molar-refractivity contribution in [2.45, 2.75) is 11.8 Å². The number of carbonyl (C=O) groups is 1. The lowest BCUT2D eigenvalue weighted by Crippen LogP contribution is -2.14. The van der Waals surface area contributed by atoms with Gasteiger partial charge in [0.2, 0.25) is 0 Å². The van der Waals surface area contributed by atoms with Gasteiger partial charge in [0, 0.05) is 17.4 Å². The van der Waals surface area contributed by atoms with Gasteiger partial charge in [-0.3, -0.25) is 9.52 Å². The summed E-state index contributed by atoms with van der Waals surface area (Å²) in [7, 11) is -3.84. The molecule has 5 nitrogen and oxygen atoms in total. The number of sulfonamides is 1. The number of pyridine rings is 1. The summed E-state index contributed by atoms with van der Waals surface area (Å²) in [4.78, 5) is 14.9. The van der Waals surface area contributed by atoms with Crippen LogP contribution < -0.4 is 4.72 Å². The highest BCUT2D eigenvalue weighted by Crippen LogP contribution is 2.21.